The molecule has 4 aromatic rings. The van der Waals surface area contributed by atoms with Crippen LogP contribution in [0.1, 0.15) is 67.9 Å². The third-order valence-electron chi connectivity index (χ3n) is 6.52. The number of nitrogens with zero attached hydrogens (tertiary/aromatic N) is 2. The molecule has 1 unspecified atom stereocenters. The minimum absolute atomic E-state index is 0.0359. The third kappa shape index (κ3) is 5.67. The number of rotatable bonds is 8. The summed E-state index contributed by atoms with van der Waals surface area (Å²) >= 11 is 0. The molecule has 5 rings (SSSR count). The number of pyridine rings is 2. The molecule has 1 fully saturated rings. The van der Waals surface area contributed by atoms with Gasteiger partial charge in [-0.1, -0.05) is 60.2 Å². The molecule has 0 saturated heterocycles. The molecule has 1 saturated carbocycles. The molecule has 0 spiro atoms. The summed E-state index contributed by atoms with van der Waals surface area (Å²) in [5.74, 6) is -1.03. The van der Waals surface area contributed by atoms with Gasteiger partial charge < -0.3 is 15.2 Å². The van der Waals surface area contributed by atoms with Crippen LogP contribution in [-0.4, -0.2) is 21.4 Å². The predicted molar refractivity (Wildman–Crippen MR) is 141 cm³/mol. The van der Waals surface area contributed by atoms with Gasteiger partial charge in [0.15, 0.2) is 0 Å². The van der Waals surface area contributed by atoms with Gasteiger partial charge in [-0.05, 0) is 48.6 Å². The van der Waals surface area contributed by atoms with Crippen molar-refractivity contribution in [2.24, 2.45) is 0 Å². The molecule has 2 aromatic carbocycles. The fourth-order valence-corrected chi connectivity index (χ4v) is 4.26. The smallest absolute Gasteiger partial charge is 0.257 e. The Kier molecular flexibility index (Phi) is 6.94. The minimum Gasteiger partial charge on any atom is -0.349 e. The van der Waals surface area contributed by atoms with Crippen molar-refractivity contribution in [2.75, 3.05) is 0 Å². The van der Waals surface area contributed by atoms with E-state index in [1.807, 2.05) is 78.2 Å². The summed E-state index contributed by atoms with van der Waals surface area (Å²) in [5.41, 5.74) is 3.07. The largest absolute Gasteiger partial charge is 0.349 e. The highest BCUT2D eigenvalue weighted by Crippen LogP contribution is 2.34. The van der Waals surface area contributed by atoms with Gasteiger partial charge in [0.05, 0.1) is 6.04 Å². The highest BCUT2D eigenvalue weighted by molar-refractivity contribution is 5.99. The van der Waals surface area contributed by atoms with Gasteiger partial charge in [0.2, 0.25) is 5.43 Å². The van der Waals surface area contributed by atoms with Crippen molar-refractivity contribution in [3.63, 3.8) is 0 Å². The van der Waals surface area contributed by atoms with Crippen LogP contribution in [0.2, 0.25) is 0 Å². The number of aromatic nitrogens is 2. The van der Waals surface area contributed by atoms with Crippen molar-refractivity contribution in [3.8, 4) is 0 Å². The third-order valence-corrected chi connectivity index (χ3v) is 6.52. The molecule has 2 heterocycles. The summed E-state index contributed by atoms with van der Waals surface area (Å²) in [7, 11) is 0. The lowest BCUT2D eigenvalue weighted by Gasteiger charge is -2.20. The van der Waals surface area contributed by atoms with E-state index in [-0.39, 0.29) is 23.7 Å². The molecule has 2 N–H and O–H groups in total. The van der Waals surface area contributed by atoms with Crippen molar-refractivity contribution in [1.29, 1.82) is 0 Å². The molecule has 2 amide bonds. The Hall–Kier alpha value is -4.52. The van der Waals surface area contributed by atoms with Crippen LogP contribution >= 0.6 is 0 Å². The molecule has 186 valence electrons. The molecule has 0 aliphatic heterocycles. The van der Waals surface area contributed by atoms with Gasteiger partial charge in [0.1, 0.15) is 11.1 Å². The van der Waals surface area contributed by atoms with Crippen molar-refractivity contribution < 1.29 is 9.59 Å². The molecular formula is C30H28N4O3. The molecule has 37 heavy (non-hydrogen) atoms. The molecule has 0 bridgehead atoms. The highest BCUT2D eigenvalue weighted by atomic mass is 16.2. The first-order valence-corrected chi connectivity index (χ1v) is 12.3. The molecule has 1 atom stereocenters. The fraction of sp³-hybridized carbons (Fsp3) is 0.200. The van der Waals surface area contributed by atoms with E-state index in [9.17, 15) is 14.4 Å². The van der Waals surface area contributed by atoms with Crippen LogP contribution in [0.25, 0.3) is 0 Å². The Morgan fingerprint density at radius 3 is 2.16 bits per heavy atom. The number of carbonyl (C=O) groups excluding carboxylic acids is 2. The van der Waals surface area contributed by atoms with E-state index in [0.29, 0.717) is 0 Å². The zero-order valence-electron chi connectivity index (χ0n) is 20.6. The van der Waals surface area contributed by atoms with E-state index >= 15 is 0 Å². The summed E-state index contributed by atoms with van der Waals surface area (Å²) in [5, 5.41) is 5.84. The van der Waals surface area contributed by atoms with Gasteiger partial charge in [-0.3, -0.25) is 19.4 Å². The zero-order valence-corrected chi connectivity index (χ0v) is 20.6. The van der Waals surface area contributed by atoms with Gasteiger partial charge >= 0.3 is 0 Å². The van der Waals surface area contributed by atoms with E-state index in [1.54, 1.807) is 24.8 Å². The van der Waals surface area contributed by atoms with Crippen LogP contribution < -0.4 is 16.1 Å². The van der Waals surface area contributed by atoms with Crippen LogP contribution in [-0.2, 0) is 6.54 Å². The minimum atomic E-state index is -0.586. The number of nitrogens with one attached hydrogen (secondary N) is 2. The van der Waals surface area contributed by atoms with Gasteiger partial charge in [0, 0.05) is 37.4 Å². The van der Waals surface area contributed by atoms with Gasteiger partial charge in [-0.2, -0.15) is 0 Å². The van der Waals surface area contributed by atoms with Gasteiger partial charge in [-0.25, -0.2) is 0 Å². The first-order valence-electron chi connectivity index (χ1n) is 12.3. The predicted octanol–water partition coefficient (Wildman–Crippen LogP) is 4.34. The molecule has 1 aliphatic carbocycles. The number of benzene rings is 2. The maximum atomic E-state index is 13.6. The van der Waals surface area contributed by atoms with Crippen molar-refractivity contribution in [2.45, 2.75) is 38.4 Å². The number of aryl methyl sites for hydroxylation is 1. The quantitative estimate of drug-likeness (QED) is 0.383. The SMILES string of the molecule is Cc1ccc(C(NC(=O)c2cn(C3CC3)cc(C(=O)NCc3ccccc3)c2=O)c2ccncc2)cc1. The Labute approximate surface area is 215 Å². The number of hydrogen-bond donors (Lipinski definition) is 2. The van der Waals surface area contributed by atoms with Crippen molar-refractivity contribution in [3.05, 3.63) is 135 Å². The number of hydrogen-bond acceptors (Lipinski definition) is 4. The van der Waals surface area contributed by atoms with Gasteiger partial charge in [0.25, 0.3) is 11.8 Å². The van der Waals surface area contributed by atoms with Crippen LogP contribution in [0.5, 0.6) is 0 Å². The van der Waals surface area contributed by atoms with E-state index in [0.717, 1.165) is 35.1 Å². The Bertz CT molecular complexity index is 1460. The van der Waals surface area contributed by atoms with Crippen LogP contribution in [0.3, 0.4) is 0 Å². The second-order valence-corrected chi connectivity index (χ2v) is 9.36. The summed E-state index contributed by atoms with van der Waals surface area (Å²) in [6.45, 7) is 2.29. The summed E-state index contributed by atoms with van der Waals surface area (Å²) in [6.07, 6.45) is 8.36. The molecule has 2 aromatic heterocycles. The Morgan fingerprint density at radius 2 is 1.51 bits per heavy atom. The number of amides is 2. The average molecular weight is 493 g/mol. The first-order chi connectivity index (χ1) is 18.0. The summed E-state index contributed by atoms with van der Waals surface area (Å²) < 4.78 is 1.82. The van der Waals surface area contributed by atoms with E-state index in [1.165, 1.54) is 0 Å². The van der Waals surface area contributed by atoms with Crippen LogP contribution in [0.4, 0.5) is 0 Å². The molecule has 1 aliphatic rings. The fourth-order valence-electron chi connectivity index (χ4n) is 4.26. The lowest BCUT2D eigenvalue weighted by atomic mass is 9.98. The normalized spacial score (nSPS) is 13.5. The highest BCUT2D eigenvalue weighted by Gasteiger charge is 2.28. The van der Waals surface area contributed by atoms with E-state index in [4.69, 9.17) is 0 Å². The maximum Gasteiger partial charge on any atom is 0.257 e. The lowest BCUT2D eigenvalue weighted by Crippen LogP contribution is -2.37. The average Bonchev–Trinajstić information content (AvgIpc) is 3.78. The van der Waals surface area contributed by atoms with Crippen LogP contribution in [0.15, 0.2) is 96.3 Å². The van der Waals surface area contributed by atoms with E-state index < -0.39 is 23.3 Å². The topological polar surface area (TPSA) is 93.1 Å². The van der Waals surface area contributed by atoms with Crippen molar-refractivity contribution in [1.82, 2.24) is 20.2 Å². The first kappa shape index (κ1) is 24.2. The maximum absolute atomic E-state index is 13.6. The van der Waals surface area contributed by atoms with Crippen molar-refractivity contribution >= 4 is 11.8 Å². The van der Waals surface area contributed by atoms with E-state index in [2.05, 4.69) is 15.6 Å². The lowest BCUT2D eigenvalue weighted by molar-refractivity contribution is 0.0941. The summed E-state index contributed by atoms with van der Waals surface area (Å²) in [4.78, 5) is 44.1. The molecule has 0 radical (unpaired) electrons. The monoisotopic (exact) mass is 492 g/mol. The van der Waals surface area contributed by atoms with Gasteiger partial charge in [-0.15, -0.1) is 0 Å². The second-order valence-electron chi connectivity index (χ2n) is 9.36. The number of carbonyl (C=O) groups is 2. The Morgan fingerprint density at radius 1 is 0.892 bits per heavy atom. The zero-order chi connectivity index (χ0) is 25.8. The standard InChI is InChI=1S/C30H28N4O3/c1-20-7-9-22(10-8-20)27(23-13-15-31-16-14-23)33-30(37)26-19-34(24-11-12-24)18-25(28(26)35)29(36)32-17-21-5-3-2-4-6-21/h2-10,13-16,18-19,24,27H,11-12,17H2,1H3,(H,32,36)(H,33,37). The molecule has 7 heteroatoms. The summed E-state index contributed by atoms with van der Waals surface area (Å²) in [6, 6.07) is 20.7. The second kappa shape index (κ2) is 10.6. The molecule has 7 nitrogen and oxygen atoms in total. The Balaban J connectivity index is 1.46. The molecular weight excluding hydrogens is 464 g/mol. The van der Waals surface area contributed by atoms with Crippen LogP contribution in [0, 0.1) is 6.92 Å².